The number of aryl methyl sites for hydroxylation is 4. The van der Waals surface area contributed by atoms with E-state index in [1.807, 2.05) is 31.2 Å². The van der Waals surface area contributed by atoms with Crippen LogP contribution in [-0.4, -0.2) is 27.6 Å². The maximum absolute atomic E-state index is 13.9. The average molecular weight is 547 g/mol. The third-order valence-electron chi connectivity index (χ3n) is 7.90. The zero-order valence-corrected chi connectivity index (χ0v) is 25.2. The lowest BCUT2D eigenvalue weighted by atomic mass is 9.96. The Hall–Kier alpha value is -4.45. The molecular formula is C35H38N4O2. The first-order valence-corrected chi connectivity index (χ1v) is 14.2. The standard InChI is InChI=1S/C35H38N4O2/c1-9-26-14-12-13-22(4)33(26)38-24(6)18-27(25(38)7)20-36-39-34(37-31-16-11-10-15-28(31)35(39)40)30-19-29(21(2)3)32(41-8)17-23(30)5/h10-21H,9H2,1-8H3. The van der Waals surface area contributed by atoms with E-state index in [4.69, 9.17) is 14.8 Å². The van der Waals surface area contributed by atoms with Crippen molar-refractivity contribution in [2.75, 3.05) is 7.11 Å². The monoisotopic (exact) mass is 546 g/mol. The SMILES string of the molecule is CCc1cccc(C)c1-n1c(C)cc(C=Nn2c(-c3cc(C(C)C)c(OC)cc3C)nc3ccccc3c2=O)c1C. The van der Waals surface area contributed by atoms with E-state index >= 15 is 0 Å². The fourth-order valence-corrected chi connectivity index (χ4v) is 5.68. The number of methoxy groups -OCH3 is 1. The molecule has 0 aliphatic rings. The molecule has 6 heteroatoms. The van der Waals surface area contributed by atoms with Crippen LogP contribution in [-0.2, 0) is 6.42 Å². The zero-order valence-electron chi connectivity index (χ0n) is 25.2. The molecule has 0 radical (unpaired) electrons. The van der Waals surface area contributed by atoms with E-state index in [1.54, 1.807) is 19.4 Å². The predicted molar refractivity (Wildman–Crippen MR) is 169 cm³/mol. The van der Waals surface area contributed by atoms with Crippen molar-refractivity contribution in [3.05, 3.63) is 110 Å². The summed E-state index contributed by atoms with van der Waals surface area (Å²) >= 11 is 0. The molecule has 6 nitrogen and oxygen atoms in total. The van der Waals surface area contributed by atoms with Gasteiger partial charge in [-0.1, -0.05) is 51.1 Å². The van der Waals surface area contributed by atoms with Gasteiger partial charge in [0.1, 0.15) is 5.75 Å². The van der Waals surface area contributed by atoms with Crippen LogP contribution < -0.4 is 10.3 Å². The average Bonchev–Trinajstić information content (AvgIpc) is 3.24. The van der Waals surface area contributed by atoms with Gasteiger partial charge in [0.05, 0.1) is 29.9 Å². The Morgan fingerprint density at radius 1 is 0.976 bits per heavy atom. The lowest BCUT2D eigenvalue weighted by Crippen LogP contribution is -2.21. The first-order chi connectivity index (χ1) is 19.7. The van der Waals surface area contributed by atoms with Crippen molar-refractivity contribution in [2.24, 2.45) is 5.10 Å². The van der Waals surface area contributed by atoms with Crippen LogP contribution in [0.25, 0.3) is 28.0 Å². The molecule has 210 valence electrons. The fraction of sp³-hybridized carbons (Fsp3) is 0.286. The van der Waals surface area contributed by atoms with Gasteiger partial charge in [0.2, 0.25) is 0 Å². The maximum Gasteiger partial charge on any atom is 0.282 e. The van der Waals surface area contributed by atoms with E-state index < -0.39 is 0 Å². The summed E-state index contributed by atoms with van der Waals surface area (Å²) < 4.78 is 9.41. The van der Waals surface area contributed by atoms with Gasteiger partial charge in [-0.05, 0) is 92.6 Å². The molecule has 2 heterocycles. The Morgan fingerprint density at radius 2 is 1.73 bits per heavy atom. The van der Waals surface area contributed by atoms with Crippen LogP contribution in [0.5, 0.6) is 5.75 Å². The van der Waals surface area contributed by atoms with Gasteiger partial charge in [-0.2, -0.15) is 9.78 Å². The normalized spacial score (nSPS) is 11.7. The second-order valence-corrected chi connectivity index (χ2v) is 11.0. The highest BCUT2D eigenvalue weighted by molar-refractivity contribution is 5.84. The molecule has 0 saturated heterocycles. The third kappa shape index (κ3) is 4.99. The van der Waals surface area contributed by atoms with Crippen molar-refractivity contribution < 1.29 is 4.74 Å². The fourth-order valence-electron chi connectivity index (χ4n) is 5.68. The molecule has 0 aliphatic heterocycles. The number of rotatable bonds is 7. The smallest absolute Gasteiger partial charge is 0.282 e. The number of nitrogens with zero attached hydrogens (tertiary/aromatic N) is 4. The van der Waals surface area contributed by atoms with E-state index in [9.17, 15) is 4.79 Å². The zero-order chi connectivity index (χ0) is 29.4. The minimum atomic E-state index is -0.204. The molecule has 0 atom stereocenters. The molecule has 5 rings (SSSR count). The lowest BCUT2D eigenvalue weighted by molar-refractivity contribution is 0.407. The number of aromatic nitrogens is 3. The third-order valence-corrected chi connectivity index (χ3v) is 7.90. The predicted octanol–water partition coefficient (Wildman–Crippen LogP) is 7.66. The van der Waals surface area contributed by atoms with Crippen LogP contribution >= 0.6 is 0 Å². The van der Waals surface area contributed by atoms with Crippen LogP contribution in [0.4, 0.5) is 0 Å². The molecule has 0 aliphatic carbocycles. The molecule has 3 aromatic carbocycles. The number of fused-ring (bicyclic) bond motifs is 1. The molecule has 0 fully saturated rings. The largest absolute Gasteiger partial charge is 0.496 e. The Morgan fingerprint density at radius 3 is 2.44 bits per heavy atom. The molecule has 0 spiro atoms. The first kappa shape index (κ1) is 28.1. The molecule has 0 saturated carbocycles. The van der Waals surface area contributed by atoms with E-state index in [0.717, 1.165) is 45.8 Å². The van der Waals surface area contributed by atoms with Crippen molar-refractivity contribution in [2.45, 2.75) is 60.8 Å². The first-order valence-electron chi connectivity index (χ1n) is 14.2. The number of hydrogen-bond donors (Lipinski definition) is 0. The van der Waals surface area contributed by atoms with Gasteiger partial charge in [-0.3, -0.25) is 4.79 Å². The molecule has 41 heavy (non-hydrogen) atoms. The van der Waals surface area contributed by atoms with Gasteiger partial charge in [0.15, 0.2) is 5.82 Å². The van der Waals surface area contributed by atoms with E-state index in [1.165, 1.54) is 21.5 Å². The van der Waals surface area contributed by atoms with Crippen LogP contribution in [0.15, 0.2) is 70.6 Å². The van der Waals surface area contributed by atoms with Crippen molar-refractivity contribution in [1.29, 1.82) is 0 Å². The van der Waals surface area contributed by atoms with Gasteiger partial charge in [-0.25, -0.2) is 4.98 Å². The Labute approximate surface area is 242 Å². The minimum Gasteiger partial charge on any atom is -0.496 e. The Bertz CT molecular complexity index is 1860. The van der Waals surface area contributed by atoms with E-state index in [-0.39, 0.29) is 11.5 Å². The van der Waals surface area contributed by atoms with Crippen molar-refractivity contribution >= 4 is 17.1 Å². The van der Waals surface area contributed by atoms with E-state index in [0.29, 0.717) is 16.7 Å². The second kappa shape index (κ2) is 11.2. The molecule has 2 aromatic heterocycles. The summed E-state index contributed by atoms with van der Waals surface area (Å²) in [7, 11) is 1.69. The van der Waals surface area contributed by atoms with Crippen molar-refractivity contribution in [1.82, 2.24) is 14.2 Å². The van der Waals surface area contributed by atoms with Gasteiger partial charge in [0, 0.05) is 22.5 Å². The maximum atomic E-state index is 13.9. The highest BCUT2D eigenvalue weighted by atomic mass is 16.5. The molecule has 0 N–H and O–H groups in total. The van der Waals surface area contributed by atoms with E-state index in [2.05, 4.69) is 76.4 Å². The summed E-state index contributed by atoms with van der Waals surface area (Å²) in [5.41, 5.74) is 10.2. The summed E-state index contributed by atoms with van der Waals surface area (Å²) in [5, 5.41) is 5.34. The number of para-hydroxylation sites is 2. The summed E-state index contributed by atoms with van der Waals surface area (Å²) in [5.74, 6) is 1.57. The van der Waals surface area contributed by atoms with Gasteiger partial charge in [0.25, 0.3) is 5.56 Å². The summed E-state index contributed by atoms with van der Waals surface area (Å²) in [6.45, 7) is 14.8. The molecule has 0 amide bonds. The second-order valence-electron chi connectivity index (χ2n) is 11.0. The topological polar surface area (TPSA) is 61.4 Å². The highest BCUT2D eigenvalue weighted by Crippen LogP contribution is 2.34. The number of hydrogen-bond acceptors (Lipinski definition) is 4. The van der Waals surface area contributed by atoms with Crippen LogP contribution in [0, 0.1) is 27.7 Å². The van der Waals surface area contributed by atoms with Crippen LogP contribution in [0.3, 0.4) is 0 Å². The summed E-state index contributed by atoms with van der Waals surface area (Å²) in [4.78, 5) is 18.8. The molecular weight excluding hydrogens is 508 g/mol. The van der Waals surface area contributed by atoms with Crippen molar-refractivity contribution in [3.63, 3.8) is 0 Å². The van der Waals surface area contributed by atoms with Crippen LogP contribution in [0.1, 0.15) is 65.9 Å². The number of ether oxygens (including phenoxy) is 1. The number of benzene rings is 3. The highest BCUT2D eigenvalue weighted by Gasteiger charge is 2.19. The Balaban J connectivity index is 1.72. The van der Waals surface area contributed by atoms with Gasteiger partial charge < -0.3 is 9.30 Å². The van der Waals surface area contributed by atoms with Crippen molar-refractivity contribution in [3.8, 4) is 22.8 Å². The summed E-state index contributed by atoms with van der Waals surface area (Å²) in [6.07, 6.45) is 2.73. The van der Waals surface area contributed by atoms with Gasteiger partial charge in [-0.15, -0.1) is 0 Å². The van der Waals surface area contributed by atoms with Gasteiger partial charge >= 0.3 is 0 Å². The summed E-state index contributed by atoms with van der Waals surface area (Å²) in [6, 6.07) is 20.1. The van der Waals surface area contributed by atoms with Crippen LogP contribution in [0.2, 0.25) is 0 Å². The Kier molecular flexibility index (Phi) is 7.68. The quantitative estimate of drug-likeness (QED) is 0.197. The molecule has 0 bridgehead atoms. The lowest BCUT2D eigenvalue weighted by Gasteiger charge is -2.17. The molecule has 5 aromatic rings. The minimum absolute atomic E-state index is 0.204. The molecule has 0 unspecified atom stereocenters.